The largest absolute Gasteiger partial charge is 0.382 e. The Kier molecular flexibility index (Phi) is 4.55. The first-order chi connectivity index (χ1) is 11.9. The molecule has 0 unspecified atom stereocenters. The summed E-state index contributed by atoms with van der Waals surface area (Å²) >= 11 is 0. The Hall–Kier alpha value is -2.73. The molecule has 128 valence electrons. The molecule has 3 aromatic rings. The topological polar surface area (TPSA) is 85.9 Å². The highest BCUT2D eigenvalue weighted by atomic mass is 32.2. The number of benzene rings is 2. The Labute approximate surface area is 147 Å². The van der Waals surface area contributed by atoms with Gasteiger partial charge >= 0.3 is 0 Å². The second kappa shape index (κ2) is 6.64. The van der Waals surface area contributed by atoms with Crippen LogP contribution in [0.1, 0.15) is 13.8 Å². The number of sulfone groups is 1. The van der Waals surface area contributed by atoms with Crippen LogP contribution in [0.5, 0.6) is 0 Å². The summed E-state index contributed by atoms with van der Waals surface area (Å²) < 4.78 is 24.4. The molecule has 0 saturated carbocycles. The van der Waals surface area contributed by atoms with Crippen molar-refractivity contribution in [2.24, 2.45) is 0 Å². The molecular weight excluding hydrogens is 334 g/mol. The van der Waals surface area contributed by atoms with Crippen molar-refractivity contribution in [1.29, 1.82) is 0 Å². The monoisotopic (exact) mass is 353 g/mol. The van der Waals surface area contributed by atoms with Crippen LogP contribution in [0.2, 0.25) is 0 Å². The van der Waals surface area contributed by atoms with Gasteiger partial charge in [-0.15, -0.1) is 0 Å². The van der Waals surface area contributed by atoms with Gasteiger partial charge in [0.15, 0.2) is 9.84 Å². The Morgan fingerprint density at radius 2 is 1.56 bits per heavy atom. The molecule has 6 heteroatoms. The van der Waals surface area contributed by atoms with E-state index in [9.17, 15) is 8.42 Å². The maximum Gasteiger partial charge on any atom is 0.180 e. The number of nitrogens with two attached hydrogens (primary N) is 1. The SMILES string of the molecule is CC(C)S(=O)(=O)c1ccc(-c2cnc(N)c(-c3ccccc3)n2)cc1. The van der Waals surface area contributed by atoms with Gasteiger partial charge in [-0.1, -0.05) is 42.5 Å². The average molecular weight is 353 g/mol. The number of rotatable bonds is 4. The highest BCUT2D eigenvalue weighted by Crippen LogP contribution is 2.27. The molecule has 0 saturated heterocycles. The molecule has 0 amide bonds. The average Bonchev–Trinajstić information content (AvgIpc) is 2.63. The Morgan fingerprint density at radius 1 is 0.920 bits per heavy atom. The predicted octanol–water partition coefficient (Wildman–Crippen LogP) is 3.57. The molecule has 0 aliphatic rings. The van der Waals surface area contributed by atoms with Gasteiger partial charge in [-0.2, -0.15) is 0 Å². The smallest absolute Gasteiger partial charge is 0.180 e. The first kappa shape index (κ1) is 17.1. The summed E-state index contributed by atoms with van der Waals surface area (Å²) in [7, 11) is -3.29. The van der Waals surface area contributed by atoms with Crippen molar-refractivity contribution in [3.63, 3.8) is 0 Å². The fourth-order valence-corrected chi connectivity index (χ4v) is 3.49. The van der Waals surface area contributed by atoms with Crippen molar-refractivity contribution in [3.8, 4) is 22.5 Å². The summed E-state index contributed by atoms with van der Waals surface area (Å²) in [6, 6.07) is 16.3. The van der Waals surface area contributed by atoms with E-state index < -0.39 is 15.1 Å². The summed E-state index contributed by atoms with van der Waals surface area (Å²) in [6.45, 7) is 3.33. The van der Waals surface area contributed by atoms with E-state index in [4.69, 9.17) is 5.73 Å². The highest BCUT2D eigenvalue weighted by molar-refractivity contribution is 7.92. The third-order valence-corrected chi connectivity index (χ3v) is 6.12. The van der Waals surface area contributed by atoms with Gasteiger partial charge in [0, 0.05) is 11.1 Å². The third kappa shape index (κ3) is 3.39. The summed E-state index contributed by atoms with van der Waals surface area (Å²) in [6.07, 6.45) is 1.59. The Balaban J connectivity index is 2.01. The molecule has 0 atom stereocenters. The van der Waals surface area contributed by atoms with Crippen molar-refractivity contribution in [3.05, 3.63) is 60.8 Å². The van der Waals surface area contributed by atoms with Gasteiger partial charge in [0.1, 0.15) is 11.5 Å². The van der Waals surface area contributed by atoms with Crippen LogP contribution in [-0.2, 0) is 9.84 Å². The fourth-order valence-electron chi connectivity index (χ4n) is 2.43. The molecule has 5 nitrogen and oxygen atoms in total. The molecule has 2 aromatic carbocycles. The van der Waals surface area contributed by atoms with E-state index in [0.717, 1.165) is 11.1 Å². The molecule has 1 heterocycles. The molecule has 3 rings (SSSR count). The standard InChI is InChI=1S/C19H19N3O2S/c1-13(2)25(23,24)16-10-8-14(9-11-16)17-12-21-19(20)18(22-17)15-6-4-3-5-7-15/h3-13H,1-2H3,(H2,20,21). The number of hydrogen-bond acceptors (Lipinski definition) is 5. The fraction of sp³-hybridized carbons (Fsp3) is 0.158. The van der Waals surface area contributed by atoms with Gasteiger partial charge in [-0.05, 0) is 26.0 Å². The zero-order valence-corrected chi connectivity index (χ0v) is 14.9. The molecule has 1 aromatic heterocycles. The normalized spacial score (nSPS) is 11.6. The number of nitrogen functional groups attached to an aromatic ring is 1. The van der Waals surface area contributed by atoms with Crippen LogP contribution in [0.3, 0.4) is 0 Å². The van der Waals surface area contributed by atoms with Crippen molar-refractivity contribution in [1.82, 2.24) is 9.97 Å². The lowest BCUT2D eigenvalue weighted by Crippen LogP contribution is -2.13. The van der Waals surface area contributed by atoms with Crippen LogP contribution in [-0.4, -0.2) is 23.6 Å². The van der Waals surface area contributed by atoms with E-state index in [1.165, 1.54) is 0 Å². The molecule has 0 fully saturated rings. The van der Waals surface area contributed by atoms with E-state index in [0.29, 0.717) is 22.1 Å². The molecule has 0 bridgehead atoms. The van der Waals surface area contributed by atoms with Crippen LogP contribution in [0.4, 0.5) is 5.82 Å². The second-order valence-corrected chi connectivity index (χ2v) is 8.48. The summed E-state index contributed by atoms with van der Waals surface area (Å²) in [5.74, 6) is 0.356. The lowest BCUT2D eigenvalue weighted by molar-refractivity contribution is 0.587. The molecule has 0 aliphatic carbocycles. The molecule has 0 aliphatic heterocycles. The zero-order chi connectivity index (χ0) is 18.0. The first-order valence-electron chi connectivity index (χ1n) is 7.92. The lowest BCUT2D eigenvalue weighted by Gasteiger charge is -2.10. The number of nitrogens with zero attached hydrogens (tertiary/aromatic N) is 2. The highest BCUT2D eigenvalue weighted by Gasteiger charge is 2.19. The third-order valence-electron chi connectivity index (χ3n) is 3.95. The van der Waals surface area contributed by atoms with Crippen LogP contribution in [0.15, 0.2) is 65.7 Å². The molecule has 0 spiro atoms. The quantitative estimate of drug-likeness (QED) is 0.775. The Bertz CT molecular complexity index is 983. The minimum absolute atomic E-state index is 0.304. The van der Waals surface area contributed by atoms with Crippen LogP contribution in [0.25, 0.3) is 22.5 Å². The van der Waals surface area contributed by atoms with Crippen molar-refractivity contribution in [2.75, 3.05) is 5.73 Å². The van der Waals surface area contributed by atoms with Gasteiger partial charge in [-0.25, -0.2) is 18.4 Å². The van der Waals surface area contributed by atoms with Crippen LogP contribution >= 0.6 is 0 Å². The van der Waals surface area contributed by atoms with E-state index in [1.54, 1.807) is 44.3 Å². The predicted molar refractivity (Wildman–Crippen MR) is 99.6 cm³/mol. The maximum atomic E-state index is 12.2. The second-order valence-electron chi connectivity index (χ2n) is 5.97. The molecule has 2 N–H and O–H groups in total. The van der Waals surface area contributed by atoms with E-state index >= 15 is 0 Å². The van der Waals surface area contributed by atoms with Crippen molar-refractivity contribution >= 4 is 15.7 Å². The number of hydrogen-bond donors (Lipinski definition) is 1. The van der Waals surface area contributed by atoms with Crippen molar-refractivity contribution in [2.45, 2.75) is 24.0 Å². The molecule has 0 radical (unpaired) electrons. The lowest BCUT2D eigenvalue weighted by atomic mass is 10.1. The van der Waals surface area contributed by atoms with E-state index in [2.05, 4.69) is 9.97 Å². The Morgan fingerprint density at radius 3 is 2.16 bits per heavy atom. The first-order valence-corrected chi connectivity index (χ1v) is 9.46. The summed E-state index contributed by atoms with van der Waals surface area (Å²) in [5, 5.41) is -0.459. The van der Waals surface area contributed by atoms with Gasteiger partial charge in [0.25, 0.3) is 0 Å². The maximum absolute atomic E-state index is 12.2. The minimum atomic E-state index is -3.29. The molecular formula is C19H19N3O2S. The van der Waals surface area contributed by atoms with E-state index in [-0.39, 0.29) is 0 Å². The summed E-state index contributed by atoms with van der Waals surface area (Å²) in [4.78, 5) is 9.13. The van der Waals surface area contributed by atoms with Crippen LogP contribution in [0, 0.1) is 0 Å². The number of aromatic nitrogens is 2. The van der Waals surface area contributed by atoms with Gasteiger partial charge < -0.3 is 5.73 Å². The van der Waals surface area contributed by atoms with Crippen LogP contribution < -0.4 is 5.73 Å². The van der Waals surface area contributed by atoms with E-state index in [1.807, 2.05) is 30.3 Å². The van der Waals surface area contributed by atoms with Crippen molar-refractivity contribution < 1.29 is 8.42 Å². The van der Waals surface area contributed by atoms with Gasteiger partial charge in [0.05, 0.1) is 22.0 Å². The van der Waals surface area contributed by atoms with Gasteiger partial charge in [-0.3, -0.25) is 0 Å². The molecule has 25 heavy (non-hydrogen) atoms. The van der Waals surface area contributed by atoms with Gasteiger partial charge in [0.2, 0.25) is 0 Å². The zero-order valence-electron chi connectivity index (χ0n) is 14.0. The number of anilines is 1. The summed E-state index contributed by atoms with van der Waals surface area (Å²) in [5.41, 5.74) is 8.88. The minimum Gasteiger partial charge on any atom is -0.382 e.